The zero-order valence-electron chi connectivity index (χ0n) is 59.3. The van der Waals surface area contributed by atoms with E-state index < -0.39 is 97.5 Å². The summed E-state index contributed by atoms with van der Waals surface area (Å²) in [5.74, 6) is 0.152. The van der Waals surface area contributed by atoms with Crippen LogP contribution >= 0.6 is 15.6 Å². The van der Waals surface area contributed by atoms with Crippen molar-refractivity contribution in [1.29, 1.82) is 0 Å². The fourth-order valence-electron chi connectivity index (χ4n) is 10.8. The van der Waals surface area contributed by atoms with E-state index in [1.807, 2.05) is 0 Å². The Balaban J connectivity index is 5.26. The lowest BCUT2D eigenvalue weighted by Crippen LogP contribution is -2.30. The predicted octanol–water partition coefficient (Wildman–Crippen LogP) is 20.6. The molecule has 0 saturated carbocycles. The van der Waals surface area contributed by atoms with E-state index in [9.17, 15) is 43.2 Å². The molecule has 17 nitrogen and oxygen atoms in total. The summed E-state index contributed by atoms with van der Waals surface area (Å²) in [6.45, 7) is 11.8. The summed E-state index contributed by atoms with van der Waals surface area (Å²) in [4.78, 5) is 72.6. The number of aliphatic hydroxyl groups excluding tert-OH is 1. The Kier molecular flexibility index (Phi) is 61.5. The number of unbranched alkanes of at least 4 members (excludes halogenated alkanes) is 35. The van der Waals surface area contributed by atoms with Crippen LogP contribution in [0.2, 0.25) is 0 Å². The molecule has 5 unspecified atom stereocenters. The van der Waals surface area contributed by atoms with Gasteiger partial charge < -0.3 is 33.8 Å². The van der Waals surface area contributed by atoms with Gasteiger partial charge in [0, 0.05) is 25.7 Å². The molecule has 8 atom stereocenters. The molecule has 0 rings (SSSR count). The van der Waals surface area contributed by atoms with Gasteiger partial charge >= 0.3 is 39.5 Å². The van der Waals surface area contributed by atoms with Crippen LogP contribution in [0.3, 0.4) is 0 Å². The summed E-state index contributed by atoms with van der Waals surface area (Å²) in [6, 6.07) is 0. The quantitative estimate of drug-likeness (QED) is 0.0222. The molecule has 0 aliphatic carbocycles. The molecule has 0 bridgehead atoms. The van der Waals surface area contributed by atoms with Crippen LogP contribution in [0.4, 0.5) is 0 Å². The van der Waals surface area contributed by atoms with Crippen LogP contribution in [0.25, 0.3) is 0 Å². The van der Waals surface area contributed by atoms with Crippen LogP contribution in [0.1, 0.15) is 363 Å². The van der Waals surface area contributed by atoms with Crippen LogP contribution in [0, 0.1) is 17.8 Å². The second kappa shape index (κ2) is 62.8. The molecule has 0 saturated heterocycles. The third kappa shape index (κ3) is 62.6. The van der Waals surface area contributed by atoms with E-state index in [4.69, 9.17) is 37.0 Å². The SMILES string of the molecule is CCCCCCCCCCCCCCCCCCCC(=O)O[C@H](COC(=O)CCCCCCCCCCC(C)CC)COP(=O)(O)OC[C@@H](O)COP(=O)(O)OC[C@@H](COC(=O)CCCCCCCCC(C)CC)OC(=O)CCCCCCCCCCC(C)CC. The summed E-state index contributed by atoms with van der Waals surface area (Å²) < 4.78 is 68.4. The molecule has 0 spiro atoms. The Morgan fingerprint density at radius 3 is 0.780 bits per heavy atom. The van der Waals surface area contributed by atoms with Crippen LogP contribution < -0.4 is 0 Å². The first kappa shape index (κ1) is 89.1. The smallest absolute Gasteiger partial charge is 0.462 e. The van der Waals surface area contributed by atoms with Crippen molar-refractivity contribution < 1.29 is 80.2 Å². The number of rotatable bonds is 70. The summed E-state index contributed by atoms with van der Waals surface area (Å²) in [6.07, 6.45) is 47.1. The van der Waals surface area contributed by atoms with Crippen molar-refractivity contribution >= 4 is 39.5 Å². The maximum absolute atomic E-state index is 13.0. The molecule has 0 aromatic carbocycles. The maximum atomic E-state index is 13.0. The van der Waals surface area contributed by atoms with E-state index in [2.05, 4.69) is 48.5 Å². The molecule has 0 aliphatic heterocycles. The number of ether oxygens (including phenoxy) is 4. The zero-order chi connectivity index (χ0) is 67.3. The van der Waals surface area contributed by atoms with E-state index in [0.29, 0.717) is 25.7 Å². The molecular formula is C72H140O17P2. The standard InChI is InChI=1S/C72H140O17P2/c1-8-12-13-14-15-16-17-18-19-20-21-22-23-24-32-41-48-55-71(76)88-67(59-82-69(74)53-46-39-31-27-25-29-36-43-50-63(5)9-2)61-86-90(78,79)84-57-66(73)58-85-91(80,81)87-62-68(60-83-70(75)54-47-40-35-34-38-45-52-65(7)11-4)89-72(77)56-49-42-33-28-26-30-37-44-51-64(6)10-3/h63-68,73H,8-62H2,1-7H3,(H,78,79)(H,80,81)/t63?,64?,65?,66-,67-,68-/m1/s1. The number of hydrogen-bond donors (Lipinski definition) is 3. The predicted molar refractivity (Wildman–Crippen MR) is 368 cm³/mol. The summed E-state index contributed by atoms with van der Waals surface area (Å²) in [7, 11) is -9.91. The lowest BCUT2D eigenvalue weighted by molar-refractivity contribution is -0.161. The van der Waals surface area contributed by atoms with Gasteiger partial charge in [-0.1, -0.05) is 312 Å². The van der Waals surface area contributed by atoms with E-state index >= 15 is 0 Å². The molecule has 0 fully saturated rings. The molecule has 3 N–H and O–H groups in total. The Bertz CT molecular complexity index is 1790. The second-order valence-electron chi connectivity index (χ2n) is 26.7. The highest BCUT2D eigenvalue weighted by atomic mass is 31.2. The first-order valence-electron chi connectivity index (χ1n) is 37.5. The van der Waals surface area contributed by atoms with Gasteiger partial charge in [-0.2, -0.15) is 0 Å². The second-order valence-corrected chi connectivity index (χ2v) is 29.6. The van der Waals surface area contributed by atoms with Crippen LogP contribution in [0.15, 0.2) is 0 Å². The first-order valence-corrected chi connectivity index (χ1v) is 40.5. The Hall–Kier alpha value is -1.94. The highest BCUT2D eigenvalue weighted by molar-refractivity contribution is 7.47. The number of esters is 4. The summed E-state index contributed by atoms with van der Waals surface area (Å²) in [5, 5.41) is 10.6. The van der Waals surface area contributed by atoms with Crippen molar-refractivity contribution in [3.8, 4) is 0 Å². The van der Waals surface area contributed by atoms with E-state index in [-0.39, 0.29) is 25.7 Å². The zero-order valence-corrected chi connectivity index (χ0v) is 61.1. The molecule has 0 aliphatic rings. The average molecular weight is 1340 g/mol. The molecule has 0 radical (unpaired) electrons. The van der Waals surface area contributed by atoms with Crippen molar-refractivity contribution in [3.63, 3.8) is 0 Å². The molecule has 91 heavy (non-hydrogen) atoms. The van der Waals surface area contributed by atoms with E-state index in [1.54, 1.807) is 0 Å². The van der Waals surface area contributed by atoms with Crippen LogP contribution in [-0.2, 0) is 65.4 Å². The largest absolute Gasteiger partial charge is 0.472 e. The van der Waals surface area contributed by atoms with Gasteiger partial charge in [0.2, 0.25) is 0 Å². The van der Waals surface area contributed by atoms with Crippen molar-refractivity contribution in [1.82, 2.24) is 0 Å². The van der Waals surface area contributed by atoms with Gasteiger partial charge in [-0.15, -0.1) is 0 Å². The van der Waals surface area contributed by atoms with Gasteiger partial charge in [0.1, 0.15) is 19.3 Å². The summed E-state index contributed by atoms with van der Waals surface area (Å²) in [5.41, 5.74) is 0. The van der Waals surface area contributed by atoms with Crippen LogP contribution in [-0.4, -0.2) is 96.7 Å². The Morgan fingerprint density at radius 1 is 0.308 bits per heavy atom. The molecule has 0 heterocycles. The first-order chi connectivity index (χ1) is 43.8. The number of phosphoric acid groups is 2. The van der Waals surface area contributed by atoms with Crippen molar-refractivity contribution in [2.45, 2.75) is 381 Å². The highest BCUT2D eigenvalue weighted by Crippen LogP contribution is 2.45. The van der Waals surface area contributed by atoms with Gasteiger partial charge in [0.05, 0.1) is 26.4 Å². The molecule has 19 heteroatoms. The normalized spacial score (nSPS) is 15.1. The van der Waals surface area contributed by atoms with Gasteiger partial charge in [0.25, 0.3) is 0 Å². The minimum Gasteiger partial charge on any atom is -0.462 e. The lowest BCUT2D eigenvalue weighted by Gasteiger charge is -2.21. The molecule has 0 amide bonds. The minimum atomic E-state index is -4.95. The van der Waals surface area contributed by atoms with Gasteiger partial charge in [-0.05, 0) is 43.4 Å². The lowest BCUT2D eigenvalue weighted by atomic mass is 9.99. The number of phosphoric ester groups is 2. The Labute approximate surface area is 556 Å². The minimum absolute atomic E-state index is 0.104. The molecular weight excluding hydrogens is 1200 g/mol. The maximum Gasteiger partial charge on any atom is 0.472 e. The average Bonchev–Trinajstić information content (AvgIpc) is 3.74. The van der Waals surface area contributed by atoms with E-state index in [0.717, 1.165) is 114 Å². The number of hydrogen-bond acceptors (Lipinski definition) is 15. The van der Waals surface area contributed by atoms with Gasteiger partial charge in [-0.25, -0.2) is 9.13 Å². The van der Waals surface area contributed by atoms with Crippen LogP contribution in [0.5, 0.6) is 0 Å². The third-order valence-electron chi connectivity index (χ3n) is 17.7. The molecule has 0 aromatic heterocycles. The van der Waals surface area contributed by atoms with Crippen molar-refractivity contribution in [3.05, 3.63) is 0 Å². The van der Waals surface area contributed by atoms with Crippen molar-refractivity contribution in [2.75, 3.05) is 39.6 Å². The monoisotopic (exact) mass is 1340 g/mol. The number of carbonyl (C=O) groups is 4. The number of carbonyl (C=O) groups excluding carboxylic acids is 4. The van der Waals surface area contributed by atoms with Crippen molar-refractivity contribution in [2.24, 2.45) is 17.8 Å². The third-order valence-corrected chi connectivity index (χ3v) is 19.6. The molecule has 540 valence electrons. The topological polar surface area (TPSA) is 237 Å². The molecule has 0 aromatic rings. The fraction of sp³-hybridized carbons (Fsp3) is 0.944. The van der Waals surface area contributed by atoms with E-state index in [1.165, 1.54) is 167 Å². The number of aliphatic hydroxyl groups is 1. The highest BCUT2D eigenvalue weighted by Gasteiger charge is 2.30. The fourth-order valence-corrected chi connectivity index (χ4v) is 12.4. The Morgan fingerprint density at radius 2 is 0.527 bits per heavy atom. The van der Waals surface area contributed by atoms with Gasteiger partial charge in [0.15, 0.2) is 12.2 Å². The van der Waals surface area contributed by atoms with Gasteiger partial charge in [-0.3, -0.25) is 37.3 Å². The summed E-state index contributed by atoms with van der Waals surface area (Å²) >= 11 is 0.